The van der Waals surface area contributed by atoms with Crippen molar-refractivity contribution in [2.24, 2.45) is 5.73 Å². The number of nitrogens with two attached hydrogens (primary N) is 1. The maximum Gasteiger partial charge on any atom is 0.260 e. The molecular weight excluding hydrogens is 268 g/mol. The molecule has 2 rings (SSSR count). The molecule has 1 aliphatic carbocycles. The molecule has 0 aromatic heterocycles. The van der Waals surface area contributed by atoms with Crippen LogP contribution in [0.3, 0.4) is 0 Å². The Morgan fingerprint density at radius 1 is 1.52 bits per heavy atom. The molecule has 1 aliphatic rings. The molecule has 5 nitrogen and oxygen atoms in total. The van der Waals surface area contributed by atoms with Crippen molar-refractivity contribution in [1.82, 2.24) is 5.32 Å². The van der Waals surface area contributed by atoms with E-state index in [1.54, 1.807) is 14.0 Å². The Morgan fingerprint density at radius 2 is 2.33 bits per heavy atom. The Kier molecular flexibility index (Phi) is 5.59. The van der Waals surface area contributed by atoms with E-state index in [-0.39, 0.29) is 11.9 Å². The van der Waals surface area contributed by atoms with Crippen LogP contribution in [0.1, 0.15) is 36.9 Å². The second-order valence-corrected chi connectivity index (χ2v) is 5.40. The normalized spacial score (nSPS) is 18.7. The van der Waals surface area contributed by atoms with Gasteiger partial charge in [0.1, 0.15) is 5.75 Å². The SMILES string of the molecule is COCCNC(=O)C(C)Oc1ccc2c(c1)C(N)CCC2. The van der Waals surface area contributed by atoms with E-state index < -0.39 is 6.10 Å². The fraction of sp³-hybridized carbons (Fsp3) is 0.562. The Bertz CT molecular complexity index is 490. The van der Waals surface area contributed by atoms with E-state index in [1.165, 1.54) is 5.56 Å². The molecule has 0 bridgehead atoms. The van der Waals surface area contributed by atoms with Gasteiger partial charge < -0.3 is 20.5 Å². The van der Waals surface area contributed by atoms with Crippen LogP contribution in [0.5, 0.6) is 5.75 Å². The van der Waals surface area contributed by atoms with Crippen molar-refractivity contribution in [3.63, 3.8) is 0 Å². The zero-order chi connectivity index (χ0) is 15.2. The minimum Gasteiger partial charge on any atom is -0.481 e. The van der Waals surface area contributed by atoms with Crippen molar-refractivity contribution >= 4 is 5.91 Å². The second kappa shape index (κ2) is 7.43. The molecule has 5 heteroatoms. The van der Waals surface area contributed by atoms with E-state index in [2.05, 4.69) is 11.4 Å². The first kappa shape index (κ1) is 15.8. The Morgan fingerprint density at radius 3 is 3.10 bits per heavy atom. The van der Waals surface area contributed by atoms with E-state index >= 15 is 0 Å². The highest BCUT2D eigenvalue weighted by Gasteiger charge is 2.19. The standard InChI is InChI=1S/C16H24N2O3/c1-11(16(19)18-8-9-20-2)21-13-7-6-12-4-3-5-15(17)14(12)10-13/h6-7,10-11,15H,3-5,8-9,17H2,1-2H3,(H,18,19). The molecule has 0 radical (unpaired) electrons. The molecule has 0 heterocycles. The molecular formula is C16H24N2O3. The smallest absolute Gasteiger partial charge is 0.260 e. The predicted molar refractivity (Wildman–Crippen MR) is 81.3 cm³/mol. The summed E-state index contributed by atoms with van der Waals surface area (Å²) in [6.45, 7) is 2.71. The number of fused-ring (bicyclic) bond motifs is 1. The summed E-state index contributed by atoms with van der Waals surface area (Å²) in [5, 5.41) is 2.76. The van der Waals surface area contributed by atoms with Crippen LogP contribution in [-0.2, 0) is 16.0 Å². The molecule has 0 saturated heterocycles. The van der Waals surface area contributed by atoms with E-state index in [4.69, 9.17) is 15.2 Å². The molecule has 2 atom stereocenters. The van der Waals surface area contributed by atoms with Gasteiger partial charge in [-0.25, -0.2) is 0 Å². The summed E-state index contributed by atoms with van der Waals surface area (Å²) in [5.41, 5.74) is 8.57. The van der Waals surface area contributed by atoms with Crippen molar-refractivity contribution in [2.45, 2.75) is 38.3 Å². The van der Waals surface area contributed by atoms with Crippen LogP contribution in [0.15, 0.2) is 18.2 Å². The number of nitrogens with one attached hydrogen (secondary N) is 1. The first-order valence-electron chi connectivity index (χ1n) is 7.43. The molecule has 116 valence electrons. The van der Waals surface area contributed by atoms with Crippen LogP contribution in [0.25, 0.3) is 0 Å². The number of rotatable bonds is 6. The number of benzene rings is 1. The Hall–Kier alpha value is -1.59. The number of aryl methyl sites for hydroxylation is 1. The summed E-state index contributed by atoms with van der Waals surface area (Å²) in [4.78, 5) is 11.9. The second-order valence-electron chi connectivity index (χ2n) is 5.40. The highest BCUT2D eigenvalue weighted by Crippen LogP contribution is 2.31. The van der Waals surface area contributed by atoms with Gasteiger partial charge in [0.2, 0.25) is 0 Å². The maximum atomic E-state index is 11.9. The molecule has 1 aromatic rings. The van der Waals surface area contributed by atoms with Gasteiger partial charge in [-0.15, -0.1) is 0 Å². The minimum atomic E-state index is -0.542. The summed E-state index contributed by atoms with van der Waals surface area (Å²) >= 11 is 0. The summed E-state index contributed by atoms with van der Waals surface area (Å²) in [5.74, 6) is 0.551. The summed E-state index contributed by atoms with van der Waals surface area (Å²) in [7, 11) is 1.60. The molecule has 1 amide bonds. The zero-order valence-electron chi connectivity index (χ0n) is 12.7. The monoisotopic (exact) mass is 292 g/mol. The fourth-order valence-electron chi connectivity index (χ4n) is 2.56. The topological polar surface area (TPSA) is 73.6 Å². The van der Waals surface area contributed by atoms with Gasteiger partial charge in [0, 0.05) is 19.7 Å². The minimum absolute atomic E-state index is 0.0723. The van der Waals surface area contributed by atoms with E-state index in [1.807, 2.05) is 12.1 Å². The first-order chi connectivity index (χ1) is 10.1. The van der Waals surface area contributed by atoms with E-state index in [9.17, 15) is 4.79 Å². The molecule has 1 aromatic carbocycles. The van der Waals surface area contributed by atoms with Crippen molar-refractivity contribution in [2.75, 3.05) is 20.3 Å². The van der Waals surface area contributed by atoms with Gasteiger partial charge in [-0.1, -0.05) is 6.07 Å². The van der Waals surface area contributed by atoms with Crippen LogP contribution in [0.2, 0.25) is 0 Å². The van der Waals surface area contributed by atoms with E-state index in [0.717, 1.165) is 24.8 Å². The average Bonchev–Trinajstić information content (AvgIpc) is 2.48. The lowest BCUT2D eigenvalue weighted by Gasteiger charge is -2.23. The quantitative estimate of drug-likeness (QED) is 0.780. The number of hydrogen-bond acceptors (Lipinski definition) is 4. The van der Waals surface area contributed by atoms with Gasteiger partial charge in [0.15, 0.2) is 6.10 Å². The first-order valence-corrected chi connectivity index (χ1v) is 7.43. The van der Waals surface area contributed by atoms with Gasteiger partial charge in [0.05, 0.1) is 6.61 Å². The van der Waals surface area contributed by atoms with Crippen LogP contribution in [0.4, 0.5) is 0 Å². The van der Waals surface area contributed by atoms with Crippen LogP contribution in [-0.4, -0.2) is 32.3 Å². The Balaban J connectivity index is 1.96. The van der Waals surface area contributed by atoms with Crippen molar-refractivity contribution in [3.05, 3.63) is 29.3 Å². The van der Waals surface area contributed by atoms with Crippen molar-refractivity contribution in [1.29, 1.82) is 0 Å². The molecule has 2 unspecified atom stereocenters. The highest BCUT2D eigenvalue weighted by atomic mass is 16.5. The van der Waals surface area contributed by atoms with Gasteiger partial charge in [-0.3, -0.25) is 4.79 Å². The van der Waals surface area contributed by atoms with E-state index in [0.29, 0.717) is 18.9 Å². The molecule has 0 aliphatic heterocycles. The third-order valence-corrected chi connectivity index (χ3v) is 3.77. The predicted octanol–water partition coefficient (Wildman–Crippen LogP) is 1.55. The lowest BCUT2D eigenvalue weighted by atomic mass is 9.88. The third kappa shape index (κ3) is 4.19. The summed E-state index contributed by atoms with van der Waals surface area (Å²) in [6, 6.07) is 6.01. The zero-order valence-corrected chi connectivity index (χ0v) is 12.7. The molecule has 0 fully saturated rings. The molecule has 0 saturated carbocycles. The third-order valence-electron chi connectivity index (χ3n) is 3.77. The van der Waals surface area contributed by atoms with Gasteiger partial charge >= 0.3 is 0 Å². The van der Waals surface area contributed by atoms with Gasteiger partial charge in [0.25, 0.3) is 5.91 Å². The fourth-order valence-corrected chi connectivity index (χ4v) is 2.56. The average molecular weight is 292 g/mol. The number of methoxy groups -OCH3 is 1. The molecule has 3 N–H and O–H groups in total. The van der Waals surface area contributed by atoms with Crippen LogP contribution >= 0.6 is 0 Å². The van der Waals surface area contributed by atoms with Gasteiger partial charge in [-0.2, -0.15) is 0 Å². The van der Waals surface area contributed by atoms with Crippen molar-refractivity contribution in [3.8, 4) is 5.75 Å². The lowest BCUT2D eigenvalue weighted by molar-refractivity contribution is -0.127. The maximum absolute atomic E-state index is 11.9. The summed E-state index contributed by atoms with van der Waals surface area (Å²) in [6.07, 6.45) is 2.66. The number of hydrogen-bond donors (Lipinski definition) is 2. The molecule has 21 heavy (non-hydrogen) atoms. The number of amides is 1. The summed E-state index contributed by atoms with van der Waals surface area (Å²) < 4.78 is 10.6. The molecule has 0 spiro atoms. The van der Waals surface area contributed by atoms with Crippen LogP contribution in [0, 0.1) is 0 Å². The number of carbonyl (C=O) groups is 1. The Labute approximate surface area is 125 Å². The largest absolute Gasteiger partial charge is 0.481 e. The number of carbonyl (C=O) groups excluding carboxylic acids is 1. The van der Waals surface area contributed by atoms with Crippen LogP contribution < -0.4 is 15.8 Å². The van der Waals surface area contributed by atoms with Crippen molar-refractivity contribution < 1.29 is 14.3 Å². The number of ether oxygens (including phenoxy) is 2. The highest BCUT2D eigenvalue weighted by molar-refractivity contribution is 5.80. The lowest BCUT2D eigenvalue weighted by Crippen LogP contribution is -2.38. The van der Waals surface area contributed by atoms with Gasteiger partial charge in [-0.05, 0) is 49.4 Å².